The Hall–Kier alpha value is -1.41. The quantitative estimate of drug-likeness (QED) is 0.738. The van der Waals surface area contributed by atoms with Crippen LogP contribution in [0.3, 0.4) is 0 Å². The highest BCUT2D eigenvalue weighted by Crippen LogP contribution is 2.26. The van der Waals surface area contributed by atoms with E-state index in [2.05, 4.69) is 28.9 Å². The molecule has 0 saturated carbocycles. The molecule has 92 valence electrons. The molecule has 0 heterocycles. The maximum absolute atomic E-state index is 11.8. The number of carbonyl (C=O) groups is 1. The van der Waals surface area contributed by atoms with Crippen LogP contribution in [0.25, 0.3) is 11.1 Å². The maximum Gasteiger partial charge on any atom is 0.160 e. The minimum atomic E-state index is 0.114. The van der Waals surface area contributed by atoms with Crippen molar-refractivity contribution in [3.63, 3.8) is 0 Å². The normalized spacial score (nSPS) is 10.4. The molecule has 0 atom stereocenters. The van der Waals surface area contributed by atoms with Gasteiger partial charge in [0.25, 0.3) is 0 Å². The summed E-state index contributed by atoms with van der Waals surface area (Å²) in [7, 11) is 0. The number of benzene rings is 2. The minimum absolute atomic E-state index is 0.114. The molecule has 2 heteroatoms. The summed E-state index contributed by atoms with van der Waals surface area (Å²) in [5.74, 6) is 0.114. The average Bonchev–Trinajstić information content (AvgIpc) is 2.39. The smallest absolute Gasteiger partial charge is 0.160 e. The van der Waals surface area contributed by atoms with Crippen LogP contribution in [0.4, 0.5) is 0 Å². The van der Waals surface area contributed by atoms with E-state index in [1.807, 2.05) is 36.4 Å². The zero-order valence-electron chi connectivity index (χ0n) is 10.5. The van der Waals surface area contributed by atoms with E-state index < -0.39 is 0 Å². The molecule has 0 aliphatic carbocycles. The molecular weight excluding hydrogens is 288 g/mol. The Kier molecular flexibility index (Phi) is 3.97. The highest BCUT2D eigenvalue weighted by molar-refractivity contribution is 9.10. The molecule has 0 aliphatic heterocycles. The Morgan fingerprint density at radius 1 is 1.11 bits per heavy atom. The maximum atomic E-state index is 11.8. The summed E-state index contributed by atoms with van der Waals surface area (Å²) in [5, 5.41) is 0. The summed E-state index contributed by atoms with van der Waals surface area (Å²) in [6.07, 6.45) is 0.945. The number of hydrogen-bond acceptors (Lipinski definition) is 1. The molecule has 0 fully saturated rings. The molecule has 0 saturated heterocycles. The second-order valence-corrected chi connectivity index (χ2v) is 5.21. The minimum Gasteiger partial charge on any atom is -0.294 e. The van der Waals surface area contributed by atoms with E-state index in [1.165, 1.54) is 5.56 Å². The zero-order valence-corrected chi connectivity index (χ0v) is 12.1. The van der Waals surface area contributed by atoms with Gasteiger partial charge in [-0.25, -0.2) is 0 Å². The third kappa shape index (κ3) is 2.70. The number of aryl methyl sites for hydroxylation is 1. The van der Waals surface area contributed by atoms with E-state index in [0.29, 0.717) is 0 Å². The Balaban J connectivity index is 2.56. The fourth-order valence-electron chi connectivity index (χ4n) is 1.98. The van der Waals surface area contributed by atoms with Gasteiger partial charge in [-0.05, 0) is 48.2 Å². The molecule has 0 unspecified atom stereocenters. The summed E-state index contributed by atoms with van der Waals surface area (Å²) in [5.41, 5.74) is 4.08. The van der Waals surface area contributed by atoms with Crippen molar-refractivity contribution < 1.29 is 4.79 Å². The van der Waals surface area contributed by atoms with Crippen LogP contribution < -0.4 is 0 Å². The molecule has 0 N–H and O–H groups in total. The van der Waals surface area contributed by atoms with Gasteiger partial charge in [0.05, 0.1) is 0 Å². The van der Waals surface area contributed by atoms with Crippen LogP contribution in [-0.2, 0) is 6.42 Å². The highest BCUT2D eigenvalue weighted by atomic mass is 79.9. The van der Waals surface area contributed by atoms with Gasteiger partial charge < -0.3 is 0 Å². The highest BCUT2D eigenvalue weighted by Gasteiger charge is 2.09. The first-order chi connectivity index (χ1) is 8.61. The first kappa shape index (κ1) is 13.0. The Bertz CT molecular complexity index is 570. The summed E-state index contributed by atoms with van der Waals surface area (Å²) in [6.45, 7) is 3.72. The standard InChI is InChI=1S/C16H15BrO/c1-3-12-4-9-15(16(10-12)11(2)18)13-5-7-14(17)8-6-13/h4-10H,3H2,1-2H3. The second kappa shape index (κ2) is 5.49. The van der Waals surface area contributed by atoms with E-state index in [9.17, 15) is 4.79 Å². The van der Waals surface area contributed by atoms with Gasteiger partial charge in [0.15, 0.2) is 5.78 Å². The van der Waals surface area contributed by atoms with Crippen molar-refractivity contribution in [3.05, 3.63) is 58.1 Å². The Labute approximate surface area is 116 Å². The lowest BCUT2D eigenvalue weighted by Gasteiger charge is -2.09. The van der Waals surface area contributed by atoms with Crippen LogP contribution in [0.2, 0.25) is 0 Å². The van der Waals surface area contributed by atoms with Crippen molar-refractivity contribution in [2.24, 2.45) is 0 Å². The van der Waals surface area contributed by atoms with E-state index in [-0.39, 0.29) is 5.78 Å². The number of ketones is 1. The fraction of sp³-hybridized carbons (Fsp3) is 0.188. The van der Waals surface area contributed by atoms with E-state index >= 15 is 0 Å². The summed E-state index contributed by atoms with van der Waals surface area (Å²) in [4.78, 5) is 11.8. The van der Waals surface area contributed by atoms with Crippen LogP contribution in [-0.4, -0.2) is 5.78 Å². The van der Waals surface area contributed by atoms with Gasteiger partial charge in [0.2, 0.25) is 0 Å². The summed E-state index contributed by atoms with van der Waals surface area (Å²) < 4.78 is 1.04. The molecule has 1 nitrogen and oxygen atoms in total. The number of hydrogen-bond donors (Lipinski definition) is 0. The Morgan fingerprint density at radius 3 is 2.33 bits per heavy atom. The third-order valence-electron chi connectivity index (χ3n) is 3.03. The average molecular weight is 303 g/mol. The van der Waals surface area contributed by atoms with Gasteiger partial charge in [0, 0.05) is 10.0 Å². The SMILES string of the molecule is CCc1ccc(-c2ccc(Br)cc2)c(C(C)=O)c1. The van der Waals surface area contributed by atoms with Gasteiger partial charge in [0.1, 0.15) is 0 Å². The Morgan fingerprint density at radius 2 is 1.78 bits per heavy atom. The molecule has 0 amide bonds. The molecular formula is C16H15BrO. The number of Topliss-reactive ketones (excluding diaryl/α,β-unsaturated/α-hetero) is 1. The van der Waals surface area contributed by atoms with Crippen LogP contribution >= 0.6 is 15.9 Å². The van der Waals surface area contributed by atoms with E-state index in [1.54, 1.807) is 6.92 Å². The van der Waals surface area contributed by atoms with E-state index in [4.69, 9.17) is 0 Å². The van der Waals surface area contributed by atoms with Crippen molar-refractivity contribution in [1.82, 2.24) is 0 Å². The summed E-state index contributed by atoms with van der Waals surface area (Å²) in [6, 6.07) is 14.2. The van der Waals surface area contributed by atoms with Gasteiger partial charge in [-0.15, -0.1) is 0 Å². The van der Waals surface area contributed by atoms with Crippen molar-refractivity contribution in [2.75, 3.05) is 0 Å². The molecule has 18 heavy (non-hydrogen) atoms. The predicted octanol–water partition coefficient (Wildman–Crippen LogP) is 4.88. The lowest BCUT2D eigenvalue weighted by molar-refractivity contribution is 0.101. The van der Waals surface area contributed by atoms with Gasteiger partial charge >= 0.3 is 0 Å². The van der Waals surface area contributed by atoms with Crippen molar-refractivity contribution in [1.29, 1.82) is 0 Å². The molecule has 2 rings (SSSR count). The largest absolute Gasteiger partial charge is 0.294 e. The lowest BCUT2D eigenvalue weighted by Crippen LogP contribution is -1.98. The second-order valence-electron chi connectivity index (χ2n) is 4.30. The fourth-order valence-corrected chi connectivity index (χ4v) is 2.25. The van der Waals surface area contributed by atoms with Gasteiger partial charge in [-0.2, -0.15) is 0 Å². The number of rotatable bonds is 3. The van der Waals surface area contributed by atoms with Crippen molar-refractivity contribution in [3.8, 4) is 11.1 Å². The van der Waals surface area contributed by atoms with Crippen LogP contribution in [0.1, 0.15) is 29.8 Å². The molecule has 2 aromatic rings. The molecule has 0 aromatic heterocycles. The van der Waals surface area contributed by atoms with Crippen LogP contribution in [0, 0.1) is 0 Å². The topological polar surface area (TPSA) is 17.1 Å². The zero-order chi connectivity index (χ0) is 13.1. The van der Waals surface area contributed by atoms with Crippen molar-refractivity contribution >= 4 is 21.7 Å². The first-order valence-corrected chi connectivity index (χ1v) is 6.81. The predicted molar refractivity (Wildman–Crippen MR) is 79.0 cm³/mol. The monoisotopic (exact) mass is 302 g/mol. The van der Waals surface area contributed by atoms with Gasteiger partial charge in [-0.3, -0.25) is 4.79 Å². The molecule has 0 aliphatic rings. The lowest BCUT2D eigenvalue weighted by atomic mass is 9.95. The van der Waals surface area contributed by atoms with Crippen LogP contribution in [0.5, 0.6) is 0 Å². The molecule has 0 radical (unpaired) electrons. The van der Waals surface area contributed by atoms with E-state index in [0.717, 1.165) is 27.6 Å². The van der Waals surface area contributed by atoms with Gasteiger partial charge in [-0.1, -0.05) is 47.1 Å². The molecule has 2 aromatic carbocycles. The third-order valence-corrected chi connectivity index (χ3v) is 3.56. The molecule has 0 spiro atoms. The van der Waals surface area contributed by atoms with Crippen molar-refractivity contribution in [2.45, 2.75) is 20.3 Å². The first-order valence-electron chi connectivity index (χ1n) is 6.01. The summed E-state index contributed by atoms with van der Waals surface area (Å²) >= 11 is 3.42. The number of halogens is 1. The molecule has 0 bridgehead atoms. The number of carbonyl (C=O) groups excluding carboxylic acids is 1. The van der Waals surface area contributed by atoms with Crippen LogP contribution in [0.15, 0.2) is 46.9 Å².